The molecule has 0 aromatic carbocycles. The Morgan fingerprint density at radius 3 is 2.87 bits per heavy atom. The molecule has 0 aliphatic heterocycles. The second kappa shape index (κ2) is 3.96. The molecule has 2 rings (SSSR count). The summed E-state index contributed by atoms with van der Waals surface area (Å²) in [6.45, 7) is 1.89. The van der Waals surface area contributed by atoms with Gasteiger partial charge in [-0.25, -0.2) is 4.98 Å². The molecule has 0 bridgehead atoms. The lowest BCUT2D eigenvalue weighted by molar-refractivity contribution is 0.403. The van der Waals surface area contributed by atoms with E-state index in [4.69, 9.17) is 10.00 Å². The van der Waals surface area contributed by atoms with Crippen molar-refractivity contribution in [1.82, 2.24) is 9.36 Å². The summed E-state index contributed by atoms with van der Waals surface area (Å²) in [5.41, 5.74) is 0.864. The molecule has 0 aliphatic carbocycles. The van der Waals surface area contributed by atoms with E-state index in [1.807, 2.05) is 19.1 Å². The van der Waals surface area contributed by atoms with Crippen LogP contribution in [0.5, 0.6) is 5.88 Å². The van der Waals surface area contributed by atoms with Gasteiger partial charge in [-0.05, 0) is 18.5 Å². The van der Waals surface area contributed by atoms with E-state index in [-0.39, 0.29) is 0 Å². The molecule has 0 aliphatic rings. The predicted molar refractivity (Wildman–Crippen MR) is 59.2 cm³/mol. The maximum atomic E-state index is 8.73. The zero-order valence-electron chi connectivity index (χ0n) is 8.14. The normalized spacial score (nSPS) is 9.93. The highest BCUT2D eigenvalue weighted by atomic mass is 32.1. The Hall–Kier alpha value is -1.45. The maximum Gasteiger partial charge on any atom is 0.225 e. The smallest absolute Gasteiger partial charge is 0.225 e. The minimum atomic E-state index is 0.481. The highest BCUT2D eigenvalue weighted by Gasteiger charge is 2.12. The van der Waals surface area contributed by atoms with Gasteiger partial charge in [-0.3, -0.25) is 0 Å². The van der Waals surface area contributed by atoms with E-state index in [0.29, 0.717) is 10.9 Å². The number of hydrogen-bond acceptors (Lipinski definition) is 6. The number of nitriles is 1. The zero-order chi connectivity index (χ0) is 10.8. The summed E-state index contributed by atoms with van der Waals surface area (Å²) in [5, 5.41) is 9.22. The molecule has 2 heterocycles. The van der Waals surface area contributed by atoms with Gasteiger partial charge < -0.3 is 4.74 Å². The largest absolute Gasteiger partial charge is 0.480 e. The van der Waals surface area contributed by atoms with E-state index in [1.165, 1.54) is 22.9 Å². The lowest BCUT2D eigenvalue weighted by atomic mass is 10.3. The standard InChI is InChI=1S/C9H7N3OS2/c1-5-9(14-8(4-10)11-5)6-3-7(13-2)12-15-6/h3H,1-2H3. The van der Waals surface area contributed by atoms with Gasteiger partial charge in [0.05, 0.1) is 22.6 Å². The summed E-state index contributed by atoms with van der Waals surface area (Å²) < 4.78 is 9.11. The van der Waals surface area contributed by atoms with Crippen LogP contribution in [0.1, 0.15) is 10.7 Å². The first kappa shape index (κ1) is 10.1. The van der Waals surface area contributed by atoms with Crippen LogP contribution in [0.2, 0.25) is 0 Å². The lowest BCUT2D eigenvalue weighted by Gasteiger charge is -1.89. The van der Waals surface area contributed by atoms with Crippen LogP contribution in [-0.2, 0) is 0 Å². The minimum Gasteiger partial charge on any atom is -0.480 e. The van der Waals surface area contributed by atoms with Gasteiger partial charge in [0.1, 0.15) is 6.07 Å². The van der Waals surface area contributed by atoms with Crippen molar-refractivity contribution in [3.63, 3.8) is 0 Å². The lowest BCUT2D eigenvalue weighted by Crippen LogP contribution is -1.78. The maximum absolute atomic E-state index is 8.73. The SMILES string of the molecule is COc1cc(-c2sc(C#N)nc2C)sn1. The van der Waals surface area contributed by atoms with Gasteiger partial charge in [-0.15, -0.1) is 11.3 Å². The van der Waals surface area contributed by atoms with Crippen molar-refractivity contribution in [3.8, 4) is 21.7 Å². The van der Waals surface area contributed by atoms with Crippen LogP contribution in [0.25, 0.3) is 9.75 Å². The molecule has 0 atom stereocenters. The molecule has 76 valence electrons. The summed E-state index contributed by atoms with van der Waals surface area (Å²) in [5.74, 6) is 0.598. The summed E-state index contributed by atoms with van der Waals surface area (Å²) in [6, 6.07) is 3.89. The Morgan fingerprint density at radius 2 is 2.33 bits per heavy atom. The van der Waals surface area contributed by atoms with E-state index in [0.717, 1.165) is 15.4 Å². The fraction of sp³-hybridized carbons (Fsp3) is 0.222. The number of rotatable bonds is 2. The summed E-state index contributed by atoms with van der Waals surface area (Å²) >= 11 is 2.73. The van der Waals surface area contributed by atoms with E-state index < -0.39 is 0 Å². The van der Waals surface area contributed by atoms with Crippen molar-refractivity contribution in [2.75, 3.05) is 7.11 Å². The number of aryl methyl sites for hydroxylation is 1. The fourth-order valence-corrected chi connectivity index (χ4v) is 2.85. The molecule has 0 unspecified atom stereocenters. The topological polar surface area (TPSA) is 58.8 Å². The van der Waals surface area contributed by atoms with Crippen LogP contribution in [0.15, 0.2) is 6.07 Å². The summed E-state index contributed by atoms with van der Waals surface area (Å²) in [4.78, 5) is 6.12. The highest BCUT2D eigenvalue weighted by Crippen LogP contribution is 2.34. The van der Waals surface area contributed by atoms with Gasteiger partial charge in [0.2, 0.25) is 5.88 Å². The van der Waals surface area contributed by atoms with Gasteiger partial charge in [-0.2, -0.15) is 9.64 Å². The molecule has 0 saturated carbocycles. The molecule has 0 N–H and O–H groups in total. The first-order valence-electron chi connectivity index (χ1n) is 4.13. The van der Waals surface area contributed by atoms with Crippen molar-refractivity contribution in [2.45, 2.75) is 6.92 Å². The van der Waals surface area contributed by atoms with Crippen LogP contribution in [0.4, 0.5) is 0 Å². The molecule has 0 fully saturated rings. The van der Waals surface area contributed by atoms with Crippen LogP contribution < -0.4 is 4.74 Å². The molecule has 15 heavy (non-hydrogen) atoms. The predicted octanol–water partition coefficient (Wildman–Crippen LogP) is 2.46. The van der Waals surface area contributed by atoms with Gasteiger partial charge in [0.15, 0.2) is 5.01 Å². The number of methoxy groups -OCH3 is 1. The van der Waals surface area contributed by atoms with Gasteiger partial charge in [0.25, 0.3) is 0 Å². The van der Waals surface area contributed by atoms with E-state index in [2.05, 4.69) is 9.36 Å². The Balaban J connectivity index is 2.45. The average molecular weight is 237 g/mol. The molecule has 4 nitrogen and oxygen atoms in total. The molecular weight excluding hydrogens is 230 g/mol. The third-order valence-corrected chi connectivity index (χ3v) is 3.83. The highest BCUT2D eigenvalue weighted by molar-refractivity contribution is 7.20. The minimum absolute atomic E-state index is 0.481. The molecule has 0 amide bonds. The average Bonchev–Trinajstić information content (AvgIpc) is 2.83. The number of ether oxygens (including phenoxy) is 1. The number of nitrogens with zero attached hydrogens (tertiary/aromatic N) is 3. The molecule has 0 spiro atoms. The van der Waals surface area contributed by atoms with Crippen LogP contribution in [-0.4, -0.2) is 16.5 Å². The first-order valence-corrected chi connectivity index (χ1v) is 5.72. The third-order valence-electron chi connectivity index (χ3n) is 1.81. The van der Waals surface area contributed by atoms with Gasteiger partial charge >= 0.3 is 0 Å². The van der Waals surface area contributed by atoms with Gasteiger partial charge in [0, 0.05) is 6.07 Å². The molecule has 2 aromatic rings. The molecule has 2 aromatic heterocycles. The van der Waals surface area contributed by atoms with Gasteiger partial charge in [-0.1, -0.05) is 0 Å². The van der Waals surface area contributed by atoms with E-state index in [9.17, 15) is 0 Å². The van der Waals surface area contributed by atoms with Crippen LogP contribution in [0, 0.1) is 18.3 Å². The van der Waals surface area contributed by atoms with Crippen LogP contribution >= 0.6 is 22.9 Å². The number of thiazole rings is 1. The Bertz CT molecular complexity index is 524. The molecular formula is C9H7N3OS2. The quantitative estimate of drug-likeness (QED) is 0.805. The second-order valence-corrected chi connectivity index (χ2v) is 4.58. The van der Waals surface area contributed by atoms with Crippen molar-refractivity contribution < 1.29 is 4.74 Å². The van der Waals surface area contributed by atoms with Crippen molar-refractivity contribution in [3.05, 3.63) is 16.8 Å². The fourth-order valence-electron chi connectivity index (χ4n) is 1.14. The Morgan fingerprint density at radius 1 is 1.53 bits per heavy atom. The van der Waals surface area contributed by atoms with Crippen molar-refractivity contribution in [1.29, 1.82) is 5.26 Å². The van der Waals surface area contributed by atoms with E-state index in [1.54, 1.807) is 7.11 Å². The molecule has 0 saturated heterocycles. The molecule has 6 heteroatoms. The Labute approximate surface area is 95.0 Å². The van der Waals surface area contributed by atoms with Crippen molar-refractivity contribution in [2.24, 2.45) is 0 Å². The zero-order valence-corrected chi connectivity index (χ0v) is 9.78. The number of aromatic nitrogens is 2. The molecule has 0 radical (unpaired) electrons. The Kier molecular flexibility index (Phi) is 2.66. The third kappa shape index (κ3) is 1.84. The van der Waals surface area contributed by atoms with E-state index >= 15 is 0 Å². The second-order valence-electron chi connectivity index (χ2n) is 2.78. The first-order chi connectivity index (χ1) is 7.24. The van der Waals surface area contributed by atoms with Crippen LogP contribution in [0.3, 0.4) is 0 Å². The summed E-state index contributed by atoms with van der Waals surface area (Å²) in [7, 11) is 1.58. The summed E-state index contributed by atoms with van der Waals surface area (Å²) in [6.07, 6.45) is 0. The number of hydrogen-bond donors (Lipinski definition) is 0. The monoisotopic (exact) mass is 237 g/mol. The van der Waals surface area contributed by atoms with Crippen molar-refractivity contribution >= 4 is 22.9 Å².